The van der Waals surface area contributed by atoms with Crippen molar-refractivity contribution >= 4 is 11.8 Å². The van der Waals surface area contributed by atoms with Gasteiger partial charge in [0.2, 0.25) is 5.91 Å². The molecule has 0 heterocycles. The number of carbonyl (C=O) groups is 2. The number of nitrogens with one attached hydrogen (secondary N) is 2. The standard InChI is InChI=1S/C17H14F4N2O2/c1-22-16(25)14(10-5-3-2-4-6-10)23-15(24)11-7-12(17(19,20)21)9-13(18)8-11/h2-9,14H,1H3,(H,22,25)(H,23,24). The number of likely N-dealkylation sites (N-methyl/N-ethyl adjacent to an activating group) is 1. The Balaban J connectivity index is 2.33. The minimum absolute atomic E-state index is 0.296. The molecule has 0 aliphatic rings. The van der Waals surface area contributed by atoms with Gasteiger partial charge in [0.25, 0.3) is 5.91 Å². The van der Waals surface area contributed by atoms with Crippen LogP contribution in [0.15, 0.2) is 48.5 Å². The summed E-state index contributed by atoms with van der Waals surface area (Å²) in [6, 6.07) is 8.51. The van der Waals surface area contributed by atoms with Crippen LogP contribution < -0.4 is 10.6 Å². The SMILES string of the molecule is CNC(=O)C(NC(=O)c1cc(F)cc(C(F)(F)F)c1)c1ccccc1. The summed E-state index contributed by atoms with van der Waals surface area (Å²) in [6.45, 7) is 0. The number of hydrogen-bond acceptors (Lipinski definition) is 2. The van der Waals surface area contributed by atoms with Gasteiger partial charge in [-0.2, -0.15) is 13.2 Å². The lowest BCUT2D eigenvalue weighted by Gasteiger charge is -2.18. The molecule has 0 saturated carbocycles. The lowest BCUT2D eigenvalue weighted by Crippen LogP contribution is -2.39. The van der Waals surface area contributed by atoms with Gasteiger partial charge in [-0.15, -0.1) is 0 Å². The van der Waals surface area contributed by atoms with Crippen LogP contribution in [-0.4, -0.2) is 18.9 Å². The van der Waals surface area contributed by atoms with Crippen molar-refractivity contribution in [2.75, 3.05) is 7.05 Å². The van der Waals surface area contributed by atoms with Crippen LogP contribution in [0.4, 0.5) is 17.6 Å². The molecule has 2 N–H and O–H groups in total. The van der Waals surface area contributed by atoms with Crippen molar-refractivity contribution in [2.45, 2.75) is 12.2 Å². The quantitative estimate of drug-likeness (QED) is 0.829. The molecule has 0 aliphatic carbocycles. The van der Waals surface area contributed by atoms with Crippen molar-refractivity contribution in [3.8, 4) is 0 Å². The largest absolute Gasteiger partial charge is 0.416 e. The molecular formula is C17H14F4N2O2. The molecule has 0 bridgehead atoms. The fourth-order valence-electron chi connectivity index (χ4n) is 2.19. The molecule has 0 radical (unpaired) electrons. The topological polar surface area (TPSA) is 58.2 Å². The van der Waals surface area contributed by atoms with Gasteiger partial charge in [0.1, 0.15) is 11.9 Å². The van der Waals surface area contributed by atoms with Gasteiger partial charge in [-0.3, -0.25) is 9.59 Å². The Morgan fingerprint density at radius 2 is 1.68 bits per heavy atom. The first kappa shape index (κ1) is 18.4. The van der Waals surface area contributed by atoms with E-state index in [0.29, 0.717) is 23.8 Å². The van der Waals surface area contributed by atoms with E-state index in [1.165, 1.54) is 7.05 Å². The zero-order chi connectivity index (χ0) is 18.6. The highest BCUT2D eigenvalue weighted by molar-refractivity contribution is 5.98. The van der Waals surface area contributed by atoms with Gasteiger partial charge in [0.05, 0.1) is 5.56 Å². The number of halogens is 4. The summed E-state index contributed by atoms with van der Waals surface area (Å²) >= 11 is 0. The van der Waals surface area contributed by atoms with Gasteiger partial charge in [-0.1, -0.05) is 30.3 Å². The summed E-state index contributed by atoms with van der Waals surface area (Å²) in [7, 11) is 1.36. The number of amides is 2. The van der Waals surface area contributed by atoms with Crippen LogP contribution in [0.1, 0.15) is 27.5 Å². The predicted octanol–water partition coefficient (Wildman–Crippen LogP) is 3.06. The molecule has 0 saturated heterocycles. The molecule has 8 heteroatoms. The summed E-state index contributed by atoms with van der Waals surface area (Å²) in [4.78, 5) is 24.2. The second kappa shape index (κ2) is 7.33. The monoisotopic (exact) mass is 354 g/mol. The van der Waals surface area contributed by atoms with Crippen molar-refractivity contribution in [1.29, 1.82) is 0 Å². The van der Waals surface area contributed by atoms with Crippen molar-refractivity contribution < 1.29 is 27.2 Å². The zero-order valence-corrected chi connectivity index (χ0v) is 13.0. The molecule has 2 amide bonds. The van der Waals surface area contributed by atoms with Gasteiger partial charge in [0.15, 0.2) is 0 Å². The van der Waals surface area contributed by atoms with E-state index < -0.39 is 41.0 Å². The molecule has 2 rings (SSSR count). The van der Waals surface area contributed by atoms with E-state index in [4.69, 9.17) is 0 Å². The Morgan fingerprint density at radius 1 is 1.04 bits per heavy atom. The summed E-state index contributed by atoms with van der Waals surface area (Å²) in [5.41, 5.74) is -1.38. The summed E-state index contributed by atoms with van der Waals surface area (Å²) < 4.78 is 51.7. The molecular weight excluding hydrogens is 340 g/mol. The van der Waals surface area contributed by atoms with Crippen LogP contribution in [0.5, 0.6) is 0 Å². The van der Waals surface area contributed by atoms with Crippen LogP contribution in [-0.2, 0) is 11.0 Å². The Morgan fingerprint density at radius 3 is 2.24 bits per heavy atom. The molecule has 0 spiro atoms. The number of benzene rings is 2. The van der Waals surface area contributed by atoms with Crippen LogP contribution in [0.3, 0.4) is 0 Å². The lowest BCUT2D eigenvalue weighted by atomic mass is 10.0. The number of hydrogen-bond donors (Lipinski definition) is 2. The molecule has 132 valence electrons. The Kier molecular flexibility index (Phi) is 5.41. The van der Waals surface area contributed by atoms with E-state index in [1.54, 1.807) is 30.3 Å². The normalized spacial score (nSPS) is 12.4. The van der Waals surface area contributed by atoms with E-state index in [0.717, 1.165) is 0 Å². The van der Waals surface area contributed by atoms with Gasteiger partial charge in [-0.25, -0.2) is 4.39 Å². The first-order valence-corrected chi connectivity index (χ1v) is 7.17. The highest BCUT2D eigenvalue weighted by Crippen LogP contribution is 2.30. The van der Waals surface area contributed by atoms with Crippen LogP contribution in [0, 0.1) is 5.82 Å². The molecule has 1 unspecified atom stereocenters. The van der Waals surface area contributed by atoms with Gasteiger partial charge >= 0.3 is 6.18 Å². The molecule has 0 fully saturated rings. The summed E-state index contributed by atoms with van der Waals surface area (Å²) in [6.07, 6.45) is -4.79. The third kappa shape index (κ3) is 4.56. The first-order chi connectivity index (χ1) is 11.7. The Hall–Kier alpha value is -2.90. The van der Waals surface area contributed by atoms with E-state index in [-0.39, 0.29) is 0 Å². The molecule has 2 aromatic carbocycles. The van der Waals surface area contributed by atoms with E-state index in [2.05, 4.69) is 10.6 Å². The Labute approximate surface area is 140 Å². The maximum atomic E-state index is 13.4. The van der Waals surface area contributed by atoms with Crippen LogP contribution >= 0.6 is 0 Å². The van der Waals surface area contributed by atoms with Crippen molar-refractivity contribution in [1.82, 2.24) is 10.6 Å². The zero-order valence-electron chi connectivity index (χ0n) is 13.0. The maximum Gasteiger partial charge on any atom is 0.416 e. The third-order valence-corrected chi connectivity index (χ3v) is 3.40. The third-order valence-electron chi connectivity index (χ3n) is 3.40. The average molecular weight is 354 g/mol. The molecule has 25 heavy (non-hydrogen) atoms. The summed E-state index contributed by atoms with van der Waals surface area (Å²) in [5, 5.41) is 4.68. The van der Waals surface area contributed by atoms with E-state index >= 15 is 0 Å². The van der Waals surface area contributed by atoms with Crippen molar-refractivity contribution in [3.63, 3.8) is 0 Å². The molecule has 0 aromatic heterocycles. The molecule has 2 aromatic rings. The predicted molar refractivity (Wildman–Crippen MR) is 82.1 cm³/mol. The minimum atomic E-state index is -4.79. The maximum absolute atomic E-state index is 13.4. The molecule has 0 aliphatic heterocycles. The van der Waals surface area contributed by atoms with Crippen molar-refractivity contribution in [2.24, 2.45) is 0 Å². The Bertz CT molecular complexity index is 776. The fourth-order valence-corrected chi connectivity index (χ4v) is 2.19. The minimum Gasteiger partial charge on any atom is -0.357 e. The fraction of sp³-hybridized carbons (Fsp3) is 0.176. The van der Waals surface area contributed by atoms with Crippen molar-refractivity contribution in [3.05, 3.63) is 71.0 Å². The number of rotatable bonds is 4. The molecule has 1 atom stereocenters. The van der Waals surface area contributed by atoms with E-state index in [1.807, 2.05) is 0 Å². The van der Waals surface area contributed by atoms with Crippen LogP contribution in [0.25, 0.3) is 0 Å². The van der Waals surface area contributed by atoms with Gasteiger partial charge in [-0.05, 0) is 23.8 Å². The second-order valence-electron chi connectivity index (χ2n) is 5.16. The smallest absolute Gasteiger partial charge is 0.357 e. The van der Waals surface area contributed by atoms with E-state index in [9.17, 15) is 27.2 Å². The number of alkyl halides is 3. The highest BCUT2D eigenvalue weighted by atomic mass is 19.4. The second-order valence-corrected chi connectivity index (χ2v) is 5.16. The average Bonchev–Trinajstić information content (AvgIpc) is 2.58. The highest BCUT2D eigenvalue weighted by Gasteiger charge is 2.32. The first-order valence-electron chi connectivity index (χ1n) is 7.17. The number of carbonyl (C=O) groups excluding carboxylic acids is 2. The van der Waals surface area contributed by atoms with Gasteiger partial charge in [0, 0.05) is 12.6 Å². The lowest BCUT2D eigenvalue weighted by molar-refractivity contribution is -0.137. The van der Waals surface area contributed by atoms with Crippen LogP contribution in [0.2, 0.25) is 0 Å². The molecule has 4 nitrogen and oxygen atoms in total. The summed E-state index contributed by atoms with van der Waals surface area (Å²) in [5.74, 6) is -2.76. The van der Waals surface area contributed by atoms with Gasteiger partial charge < -0.3 is 10.6 Å².